The summed E-state index contributed by atoms with van der Waals surface area (Å²) in [5.41, 5.74) is 3.87. The number of hydrogen-bond acceptors (Lipinski definition) is 4. The first-order valence-corrected chi connectivity index (χ1v) is 7.73. The van der Waals surface area contributed by atoms with Crippen LogP contribution in [0.25, 0.3) is 0 Å². The van der Waals surface area contributed by atoms with Crippen LogP contribution in [0, 0.1) is 20.8 Å². The maximum atomic E-state index is 12.2. The molecule has 0 bridgehead atoms. The van der Waals surface area contributed by atoms with Gasteiger partial charge in [-0.3, -0.25) is 10.2 Å². The van der Waals surface area contributed by atoms with Gasteiger partial charge in [0.2, 0.25) is 0 Å². The van der Waals surface area contributed by atoms with Gasteiger partial charge in [-0.05, 0) is 44.0 Å². The first-order chi connectivity index (χ1) is 9.81. The van der Waals surface area contributed by atoms with Gasteiger partial charge < -0.3 is 4.42 Å². The number of hydrazine groups is 1. The lowest BCUT2D eigenvalue weighted by Gasteiger charge is -2.10. The van der Waals surface area contributed by atoms with Gasteiger partial charge in [0.25, 0.3) is 15.9 Å². The molecule has 0 unspecified atom stereocenters. The summed E-state index contributed by atoms with van der Waals surface area (Å²) in [6.45, 7) is 5.11. The number of sulfonamides is 1. The lowest BCUT2D eigenvalue weighted by molar-refractivity contribution is 0.0943. The normalized spacial score (nSPS) is 11.4. The quantitative estimate of drug-likeness (QED) is 0.843. The van der Waals surface area contributed by atoms with Crippen LogP contribution >= 0.6 is 0 Å². The largest absolute Gasteiger partial charge is 0.469 e. The third-order valence-electron chi connectivity index (χ3n) is 3.04. The zero-order valence-corrected chi connectivity index (χ0v) is 12.7. The highest BCUT2D eigenvalue weighted by molar-refractivity contribution is 7.89. The fourth-order valence-electron chi connectivity index (χ4n) is 1.85. The molecule has 0 aliphatic rings. The van der Waals surface area contributed by atoms with Crippen molar-refractivity contribution in [1.82, 2.24) is 10.3 Å². The summed E-state index contributed by atoms with van der Waals surface area (Å²) >= 11 is 0. The molecule has 1 amide bonds. The molecule has 2 rings (SSSR count). The van der Waals surface area contributed by atoms with Gasteiger partial charge in [0.05, 0.1) is 16.7 Å². The van der Waals surface area contributed by atoms with E-state index in [2.05, 4.69) is 10.3 Å². The Morgan fingerprint density at radius 3 is 2.48 bits per heavy atom. The molecule has 1 aromatic carbocycles. The van der Waals surface area contributed by atoms with E-state index in [9.17, 15) is 13.2 Å². The van der Waals surface area contributed by atoms with Crippen LogP contribution in [-0.2, 0) is 10.0 Å². The number of hydrogen-bond donors (Lipinski definition) is 2. The van der Waals surface area contributed by atoms with Crippen molar-refractivity contribution < 1.29 is 17.6 Å². The second-order valence-corrected chi connectivity index (χ2v) is 6.37. The van der Waals surface area contributed by atoms with E-state index in [0.29, 0.717) is 11.3 Å². The second-order valence-electron chi connectivity index (χ2n) is 4.72. The van der Waals surface area contributed by atoms with Crippen LogP contribution in [-0.4, -0.2) is 14.3 Å². The van der Waals surface area contributed by atoms with Gasteiger partial charge in [-0.1, -0.05) is 12.1 Å². The molecule has 1 aromatic heterocycles. The molecule has 21 heavy (non-hydrogen) atoms. The summed E-state index contributed by atoms with van der Waals surface area (Å²) in [4.78, 5) is 14.1. The molecule has 6 nitrogen and oxygen atoms in total. The lowest BCUT2D eigenvalue weighted by Crippen LogP contribution is -2.41. The number of rotatable bonds is 4. The van der Waals surface area contributed by atoms with E-state index < -0.39 is 15.9 Å². The molecule has 2 N–H and O–H groups in total. The van der Waals surface area contributed by atoms with Crippen molar-refractivity contribution in [2.45, 2.75) is 25.7 Å². The van der Waals surface area contributed by atoms with Gasteiger partial charge in [-0.2, -0.15) is 0 Å². The molecule has 112 valence electrons. The Morgan fingerprint density at radius 1 is 1.14 bits per heavy atom. The summed E-state index contributed by atoms with van der Waals surface area (Å²) in [7, 11) is -3.82. The average Bonchev–Trinajstić information content (AvgIpc) is 2.85. The van der Waals surface area contributed by atoms with Crippen LogP contribution in [0.15, 0.2) is 39.8 Å². The van der Waals surface area contributed by atoms with E-state index in [0.717, 1.165) is 5.56 Å². The number of furan rings is 1. The molecule has 0 aliphatic carbocycles. The Hall–Kier alpha value is -2.12. The summed E-state index contributed by atoms with van der Waals surface area (Å²) in [6, 6.07) is 6.55. The minimum absolute atomic E-state index is 0.131. The van der Waals surface area contributed by atoms with Crippen molar-refractivity contribution in [2.75, 3.05) is 0 Å². The maximum absolute atomic E-state index is 12.2. The molecule has 0 spiro atoms. The van der Waals surface area contributed by atoms with E-state index in [1.165, 1.54) is 12.3 Å². The first kappa shape index (κ1) is 15.3. The van der Waals surface area contributed by atoms with Crippen LogP contribution < -0.4 is 10.3 Å². The number of benzene rings is 1. The van der Waals surface area contributed by atoms with Crippen LogP contribution in [0.3, 0.4) is 0 Å². The van der Waals surface area contributed by atoms with Gasteiger partial charge >= 0.3 is 0 Å². The van der Waals surface area contributed by atoms with Crippen molar-refractivity contribution in [2.24, 2.45) is 0 Å². The van der Waals surface area contributed by atoms with Crippen LogP contribution in [0.4, 0.5) is 0 Å². The fraction of sp³-hybridized carbons (Fsp3) is 0.214. The van der Waals surface area contributed by atoms with Crippen LogP contribution in [0.5, 0.6) is 0 Å². The summed E-state index contributed by atoms with van der Waals surface area (Å²) in [6.07, 6.45) is 1.36. The molecule has 0 saturated carbocycles. The highest BCUT2D eigenvalue weighted by Crippen LogP contribution is 2.16. The Morgan fingerprint density at radius 2 is 1.86 bits per heavy atom. The summed E-state index contributed by atoms with van der Waals surface area (Å²) < 4.78 is 29.4. The molecule has 0 fully saturated rings. The van der Waals surface area contributed by atoms with Gasteiger partial charge in [0.1, 0.15) is 5.76 Å². The monoisotopic (exact) mass is 308 g/mol. The van der Waals surface area contributed by atoms with Gasteiger partial charge in [-0.25, -0.2) is 8.42 Å². The van der Waals surface area contributed by atoms with E-state index in [1.54, 1.807) is 32.9 Å². The van der Waals surface area contributed by atoms with E-state index in [4.69, 9.17) is 4.42 Å². The summed E-state index contributed by atoms with van der Waals surface area (Å²) in [5.74, 6) is -0.159. The molecule has 0 radical (unpaired) electrons. The third kappa shape index (κ3) is 3.32. The van der Waals surface area contributed by atoms with Gasteiger partial charge in [0.15, 0.2) is 0 Å². The smallest absolute Gasteiger partial charge is 0.269 e. The fourth-order valence-corrected chi connectivity index (χ4v) is 3.02. The Bertz CT molecular complexity index is 778. The Kier molecular flexibility index (Phi) is 4.15. The zero-order chi connectivity index (χ0) is 15.6. The first-order valence-electron chi connectivity index (χ1n) is 6.25. The predicted octanol–water partition coefficient (Wildman–Crippen LogP) is 1.83. The minimum atomic E-state index is -3.82. The summed E-state index contributed by atoms with van der Waals surface area (Å²) in [5, 5.41) is 0. The van der Waals surface area contributed by atoms with Crippen molar-refractivity contribution in [3.05, 3.63) is 53.0 Å². The minimum Gasteiger partial charge on any atom is -0.469 e. The predicted molar refractivity (Wildman–Crippen MR) is 77.1 cm³/mol. The third-order valence-corrected chi connectivity index (χ3v) is 4.43. The van der Waals surface area contributed by atoms with E-state index in [-0.39, 0.29) is 10.5 Å². The highest BCUT2D eigenvalue weighted by atomic mass is 32.2. The van der Waals surface area contributed by atoms with Gasteiger partial charge in [0, 0.05) is 0 Å². The molecule has 0 atom stereocenters. The zero-order valence-electron chi connectivity index (χ0n) is 11.9. The SMILES string of the molecule is Cc1ccc(C)c(S(=O)(=O)NNC(=O)c2ccoc2C)c1. The molecule has 2 aromatic rings. The second kappa shape index (κ2) is 5.71. The molecule has 1 heterocycles. The number of amides is 1. The number of carbonyl (C=O) groups is 1. The Balaban J connectivity index is 2.17. The highest BCUT2D eigenvalue weighted by Gasteiger charge is 2.19. The maximum Gasteiger partial charge on any atom is 0.269 e. The van der Waals surface area contributed by atoms with E-state index >= 15 is 0 Å². The number of carbonyl (C=O) groups excluding carboxylic acids is 1. The molecular formula is C14H16N2O4S. The molecule has 0 aliphatic heterocycles. The Labute approximate surface area is 123 Å². The van der Waals surface area contributed by atoms with Crippen molar-refractivity contribution >= 4 is 15.9 Å². The topological polar surface area (TPSA) is 88.4 Å². The number of nitrogens with one attached hydrogen (secondary N) is 2. The van der Waals surface area contributed by atoms with Gasteiger partial charge in [-0.15, -0.1) is 4.83 Å². The standard InChI is InChI=1S/C14H16N2O4S/c1-9-4-5-10(2)13(8-9)21(18,19)16-15-14(17)12-6-7-20-11(12)3/h4-8,16H,1-3H3,(H,15,17). The van der Waals surface area contributed by atoms with Crippen molar-refractivity contribution in [3.8, 4) is 0 Å². The molecular weight excluding hydrogens is 292 g/mol. The van der Waals surface area contributed by atoms with Crippen LogP contribution in [0.1, 0.15) is 27.2 Å². The van der Waals surface area contributed by atoms with E-state index in [1.807, 2.05) is 6.07 Å². The average molecular weight is 308 g/mol. The van der Waals surface area contributed by atoms with Crippen molar-refractivity contribution in [1.29, 1.82) is 0 Å². The molecule has 0 saturated heterocycles. The number of aryl methyl sites for hydroxylation is 3. The lowest BCUT2D eigenvalue weighted by atomic mass is 10.2. The van der Waals surface area contributed by atoms with Crippen LogP contribution in [0.2, 0.25) is 0 Å². The molecule has 7 heteroatoms. The van der Waals surface area contributed by atoms with Crippen molar-refractivity contribution in [3.63, 3.8) is 0 Å².